The summed E-state index contributed by atoms with van der Waals surface area (Å²) in [4.78, 5) is 11.6. The van der Waals surface area contributed by atoms with E-state index in [1.54, 1.807) is 0 Å². The van der Waals surface area contributed by atoms with Crippen molar-refractivity contribution in [2.75, 3.05) is 13.2 Å². The molecule has 0 saturated carbocycles. The summed E-state index contributed by atoms with van der Waals surface area (Å²) in [7, 11) is 0. The molecular weight excluding hydrogens is 166 g/mol. The summed E-state index contributed by atoms with van der Waals surface area (Å²) in [6.45, 7) is 5.83. The predicted octanol–water partition coefficient (Wildman–Crippen LogP) is 0.938. The molecule has 2 aliphatic rings. The summed E-state index contributed by atoms with van der Waals surface area (Å²) in [5, 5.41) is 3.01. The van der Waals surface area contributed by atoms with Crippen LogP contribution in [0.5, 0.6) is 0 Å². The number of hydrogen-bond donors (Lipinski definition) is 1. The Morgan fingerprint density at radius 1 is 1.46 bits per heavy atom. The van der Waals surface area contributed by atoms with E-state index in [1.807, 2.05) is 0 Å². The van der Waals surface area contributed by atoms with Gasteiger partial charge in [-0.3, -0.25) is 4.79 Å². The van der Waals surface area contributed by atoms with Crippen molar-refractivity contribution in [1.82, 2.24) is 5.32 Å². The van der Waals surface area contributed by atoms with Crippen molar-refractivity contribution in [2.24, 2.45) is 11.3 Å². The molecule has 0 aromatic carbocycles. The molecule has 0 aromatic rings. The zero-order chi connectivity index (χ0) is 9.47. The number of nitrogens with one attached hydrogen (secondary N) is 1. The Balaban J connectivity index is 2.13. The molecule has 2 rings (SSSR count). The Labute approximate surface area is 78.8 Å². The molecule has 13 heavy (non-hydrogen) atoms. The summed E-state index contributed by atoms with van der Waals surface area (Å²) < 4.78 is 5.30. The SMILES string of the molecule is CC(C)[C@@H]1NC(=O)C12CCOCC2. The summed E-state index contributed by atoms with van der Waals surface area (Å²) in [5.74, 6) is 0.783. The molecule has 0 bridgehead atoms. The summed E-state index contributed by atoms with van der Waals surface area (Å²) in [6, 6.07) is 0.379. The van der Waals surface area contributed by atoms with E-state index in [-0.39, 0.29) is 11.3 Å². The van der Waals surface area contributed by atoms with Gasteiger partial charge in [-0.05, 0) is 18.8 Å². The smallest absolute Gasteiger partial charge is 0.228 e. The van der Waals surface area contributed by atoms with Crippen molar-refractivity contribution in [3.05, 3.63) is 0 Å². The first-order chi connectivity index (χ1) is 6.17. The fourth-order valence-electron chi connectivity index (χ4n) is 2.57. The molecule has 1 spiro atoms. The zero-order valence-corrected chi connectivity index (χ0v) is 8.30. The van der Waals surface area contributed by atoms with Gasteiger partial charge in [-0.1, -0.05) is 13.8 Å². The third-order valence-electron chi connectivity index (χ3n) is 3.39. The Bertz CT molecular complexity index is 219. The fraction of sp³-hybridized carbons (Fsp3) is 0.900. The van der Waals surface area contributed by atoms with Gasteiger partial charge in [0.25, 0.3) is 0 Å². The van der Waals surface area contributed by atoms with E-state index in [2.05, 4.69) is 19.2 Å². The average molecular weight is 183 g/mol. The second-order valence-electron chi connectivity index (χ2n) is 4.46. The minimum atomic E-state index is -0.0770. The maximum absolute atomic E-state index is 11.6. The average Bonchev–Trinajstić information content (AvgIpc) is 2.15. The number of β-lactam (4-membered cyclic amide) rings is 1. The first-order valence-electron chi connectivity index (χ1n) is 5.05. The molecule has 1 amide bonds. The van der Waals surface area contributed by atoms with Gasteiger partial charge < -0.3 is 10.1 Å². The third-order valence-corrected chi connectivity index (χ3v) is 3.39. The molecule has 2 fully saturated rings. The van der Waals surface area contributed by atoms with Crippen LogP contribution in [-0.4, -0.2) is 25.2 Å². The Morgan fingerprint density at radius 3 is 2.54 bits per heavy atom. The van der Waals surface area contributed by atoms with Crippen LogP contribution in [0.4, 0.5) is 0 Å². The molecule has 2 aliphatic heterocycles. The summed E-state index contributed by atoms with van der Waals surface area (Å²) in [6.07, 6.45) is 1.81. The Kier molecular flexibility index (Phi) is 2.06. The number of amides is 1. The third kappa shape index (κ3) is 1.17. The van der Waals surface area contributed by atoms with Gasteiger partial charge in [0.15, 0.2) is 0 Å². The largest absolute Gasteiger partial charge is 0.381 e. The van der Waals surface area contributed by atoms with Crippen molar-refractivity contribution in [2.45, 2.75) is 32.7 Å². The maximum Gasteiger partial charge on any atom is 0.228 e. The van der Waals surface area contributed by atoms with E-state index in [0.717, 1.165) is 26.1 Å². The van der Waals surface area contributed by atoms with Crippen LogP contribution < -0.4 is 5.32 Å². The van der Waals surface area contributed by atoms with Crippen LogP contribution in [0, 0.1) is 11.3 Å². The van der Waals surface area contributed by atoms with E-state index in [0.29, 0.717) is 12.0 Å². The topological polar surface area (TPSA) is 38.3 Å². The lowest BCUT2D eigenvalue weighted by molar-refractivity contribution is -0.158. The molecule has 2 saturated heterocycles. The fourth-order valence-corrected chi connectivity index (χ4v) is 2.57. The minimum Gasteiger partial charge on any atom is -0.381 e. The van der Waals surface area contributed by atoms with Crippen LogP contribution in [0.1, 0.15) is 26.7 Å². The molecule has 0 aromatic heterocycles. The Hall–Kier alpha value is -0.570. The van der Waals surface area contributed by atoms with Crippen LogP contribution in [0.3, 0.4) is 0 Å². The van der Waals surface area contributed by atoms with Crippen LogP contribution in [0.15, 0.2) is 0 Å². The van der Waals surface area contributed by atoms with Crippen molar-refractivity contribution < 1.29 is 9.53 Å². The van der Waals surface area contributed by atoms with Crippen molar-refractivity contribution in [1.29, 1.82) is 0 Å². The highest BCUT2D eigenvalue weighted by atomic mass is 16.5. The van der Waals surface area contributed by atoms with E-state index in [1.165, 1.54) is 0 Å². The van der Waals surface area contributed by atoms with Crippen LogP contribution in [0.2, 0.25) is 0 Å². The Morgan fingerprint density at radius 2 is 2.08 bits per heavy atom. The quantitative estimate of drug-likeness (QED) is 0.614. The molecule has 3 nitrogen and oxygen atoms in total. The van der Waals surface area contributed by atoms with Gasteiger partial charge in [0, 0.05) is 19.3 Å². The zero-order valence-electron chi connectivity index (χ0n) is 8.30. The summed E-state index contributed by atoms with van der Waals surface area (Å²) >= 11 is 0. The van der Waals surface area contributed by atoms with Gasteiger partial charge in [0.05, 0.1) is 5.41 Å². The van der Waals surface area contributed by atoms with Crippen molar-refractivity contribution in [3.63, 3.8) is 0 Å². The van der Waals surface area contributed by atoms with Gasteiger partial charge in [0.1, 0.15) is 0 Å². The van der Waals surface area contributed by atoms with Gasteiger partial charge in [-0.15, -0.1) is 0 Å². The highest BCUT2D eigenvalue weighted by Crippen LogP contribution is 2.43. The maximum atomic E-state index is 11.6. The molecule has 1 atom stereocenters. The van der Waals surface area contributed by atoms with E-state index in [4.69, 9.17) is 4.74 Å². The van der Waals surface area contributed by atoms with E-state index < -0.39 is 0 Å². The molecule has 2 heterocycles. The van der Waals surface area contributed by atoms with Crippen molar-refractivity contribution >= 4 is 5.91 Å². The molecular formula is C10H17NO2. The van der Waals surface area contributed by atoms with Gasteiger partial charge in [0.2, 0.25) is 5.91 Å². The monoisotopic (exact) mass is 183 g/mol. The lowest BCUT2D eigenvalue weighted by atomic mass is 9.64. The highest BCUT2D eigenvalue weighted by molar-refractivity contribution is 5.90. The van der Waals surface area contributed by atoms with Gasteiger partial charge >= 0.3 is 0 Å². The molecule has 3 heteroatoms. The second-order valence-corrected chi connectivity index (χ2v) is 4.46. The molecule has 74 valence electrons. The first kappa shape index (κ1) is 9.00. The molecule has 0 aliphatic carbocycles. The van der Waals surface area contributed by atoms with Crippen LogP contribution in [-0.2, 0) is 9.53 Å². The lowest BCUT2D eigenvalue weighted by Gasteiger charge is -2.52. The second kappa shape index (κ2) is 2.98. The number of rotatable bonds is 1. The predicted molar refractivity (Wildman–Crippen MR) is 49.3 cm³/mol. The molecule has 1 N–H and O–H groups in total. The molecule has 0 radical (unpaired) electrons. The lowest BCUT2D eigenvalue weighted by Crippen LogP contribution is -2.70. The number of carbonyl (C=O) groups is 1. The minimum absolute atomic E-state index is 0.0770. The number of hydrogen-bond acceptors (Lipinski definition) is 2. The summed E-state index contributed by atoms with van der Waals surface area (Å²) in [5.41, 5.74) is -0.0770. The van der Waals surface area contributed by atoms with E-state index in [9.17, 15) is 4.79 Å². The number of ether oxygens (including phenoxy) is 1. The standard InChI is InChI=1S/C10H17NO2/c1-7(2)8-10(9(12)11-8)3-5-13-6-4-10/h7-8H,3-6H2,1-2H3,(H,11,12)/t8-/m0/s1. The van der Waals surface area contributed by atoms with Crippen molar-refractivity contribution in [3.8, 4) is 0 Å². The van der Waals surface area contributed by atoms with Gasteiger partial charge in [-0.2, -0.15) is 0 Å². The van der Waals surface area contributed by atoms with Gasteiger partial charge in [-0.25, -0.2) is 0 Å². The normalized spacial score (nSPS) is 31.6. The number of carbonyl (C=O) groups excluding carboxylic acids is 1. The van der Waals surface area contributed by atoms with Crippen LogP contribution >= 0.6 is 0 Å². The molecule has 0 unspecified atom stereocenters. The van der Waals surface area contributed by atoms with Crippen LogP contribution in [0.25, 0.3) is 0 Å². The first-order valence-corrected chi connectivity index (χ1v) is 5.05. The highest BCUT2D eigenvalue weighted by Gasteiger charge is 2.55. The van der Waals surface area contributed by atoms with E-state index >= 15 is 0 Å².